The van der Waals surface area contributed by atoms with Gasteiger partial charge in [0.25, 0.3) is 0 Å². The molecule has 7 heteroatoms. The van der Waals surface area contributed by atoms with Gasteiger partial charge in [0.15, 0.2) is 11.5 Å². The number of carbonyl (C=O) groups is 2. The molecule has 1 amide bonds. The van der Waals surface area contributed by atoms with Gasteiger partial charge in [-0.1, -0.05) is 23.7 Å². The van der Waals surface area contributed by atoms with Gasteiger partial charge in [0.05, 0.1) is 24.1 Å². The molecule has 6 nitrogen and oxygen atoms in total. The fourth-order valence-corrected chi connectivity index (χ4v) is 3.85. The van der Waals surface area contributed by atoms with Crippen LogP contribution in [0.1, 0.15) is 23.5 Å². The van der Waals surface area contributed by atoms with Crippen LogP contribution in [0.2, 0.25) is 5.02 Å². The fourth-order valence-electron chi connectivity index (χ4n) is 3.67. The van der Waals surface area contributed by atoms with Crippen molar-refractivity contribution in [3.8, 4) is 11.5 Å². The van der Waals surface area contributed by atoms with E-state index < -0.39 is 11.9 Å². The van der Waals surface area contributed by atoms with Crippen LogP contribution < -0.4 is 9.64 Å². The minimum Gasteiger partial charge on any atom is -0.504 e. The van der Waals surface area contributed by atoms with Crippen molar-refractivity contribution in [2.24, 2.45) is 0 Å². The molecule has 2 aliphatic rings. The number of ether oxygens (including phenoxy) is 2. The minimum atomic E-state index is -0.468. The van der Waals surface area contributed by atoms with Crippen LogP contribution in [0.3, 0.4) is 0 Å². The second-order valence-corrected chi connectivity index (χ2v) is 7.19. The quantitative estimate of drug-likeness (QED) is 0.796. The second kappa shape index (κ2) is 6.87. The lowest BCUT2D eigenvalue weighted by atomic mass is 9.84. The lowest BCUT2D eigenvalue weighted by Gasteiger charge is -2.32. The van der Waals surface area contributed by atoms with Crippen molar-refractivity contribution in [1.29, 1.82) is 0 Å². The highest BCUT2D eigenvalue weighted by Gasteiger charge is 2.43. The molecule has 0 aromatic heterocycles. The molecule has 28 heavy (non-hydrogen) atoms. The zero-order chi connectivity index (χ0) is 20.0. The molecule has 2 heterocycles. The third-order valence-corrected chi connectivity index (χ3v) is 5.54. The van der Waals surface area contributed by atoms with Crippen LogP contribution in [0.15, 0.2) is 47.7 Å². The minimum absolute atomic E-state index is 0.00693. The Morgan fingerprint density at radius 1 is 1.21 bits per heavy atom. The summed E-state index contributed by atoms with van der Waals surface area (Å²) in [6.45, 7) is 1.91. The van der Waals surface area contributed by atoms with Crippen molar-refractivity contribution in [3.63, 3.8) is 0 Å². The molecule has 0 unspecified atom stereocenters. The third kappa shape index (κ3) is 2.90. The molecule has 1 N–H and O–H groups in total. The molecule has 1 atom stereocenters. The van der Waals surface area contributed by atoms with Crippen LogP contribution in [-0.2, 0) is 14.3 Å². The van der Waals surface area contributed by atoms with Crippen LogP contribution >= 0.6 is 11.6 Å². The van der Waals surface area contributed by atoms with Crippen molar-refractivity contribution in [1.82, 2.24) is 0 Å². The van der Waals surface area contributed by atoms with Crippen molar-refractivity contribution >= 4 is 29.2 Å². The predicted octanol–water partition coefficient (Wildman–Crippen LogP) is 3.69. The fraction of sp³-hybridized carbons (Fsp3) is 0.238. The van der Waals surface area contributed by atoms with Gasteiger partial charge >= 0.3 is 5.97 Å². The Labute approximate surface area is 166 Å². The molecular weight excluding hydrogens is 382 g/mol. The van der Waals surface area contributed by atoms with Crippen LogP contribution in [0.4, 0.5) is 5.69 Å². The first-order chi connectivity index (χ1) is 13.4. The number of amides is 1. The van der Waals surface area contributed by atoms with Crippen LogP contribution in [0.5, 0.6) is 11.5 Å². The SMILES string of the molecule is COc1cc([C@H]2CC(=O)N(c3ccc(C)c(Cl)c3)C3=C2C(=O)OC3)ccc1O. The summed E-state index contributed by atoms with van der Waals surface area (Å²) in [7, 11) is 1.45. The highest BCUT2D eigenvalue weighted by atomic mass is 35.5. The van der Waals surface area contributed by atoms with Gasteiger partial charge < -0.3 is 14.6 Å². The predicted molar refractivity (Wildman–Crippen MR) is 104 cm³/mol. The summed E-state index contributed by atoms with van der Waals surface area (Å²) in [6, 6.07) is 10.2. The number of aromatic hydroxyl groups is 1. The standard InChI is InChI=1S/C21H18ClNO5/c1-11-3-5-13(8-15(11)22)23-16-10-28-21(26)20(16)14(9-19(23)25)12-4-6-17(24)18(7-12)27-2/h3-8,14,24H,9-10H2,1-2H3/t14-/m1/s1. The molecule has 4 rings (SSSR count). The Kier molecular flexibility index (Phi) is 4.51. The van der Waals surface area contributed by atoms with Gasteiger partial charge in [-0.25, -0.2) is 4.79 Å². The molecule has 2 aromatic rings. The second-order valence-electron chi connectivity index (χ2n) is 6.79. The highest BCUT2D eigenvalue weighted by molar-refractivity contribution is 6.31. The number of hydrogen-bond acceptors (Lipinski definition) is 5. The van der Waals surface area contributed by atoms with E-state index in [1.807, 2.05) is 13.0 Å². The maximum absolute atomic E-state index is 13.0. The molecule has 0 bridgehead atoms. The molecule has 0 fully saturated rings. The molecule has 0 saturated carbocycles. The summed E-state index contributed by atoms with van der Waals surface area (Å²) in [4.78, 5) is 27.1. The summed E-state index contributed by atoms with van der Waals surface area (Å²) in [5.41, 5.74) is 3.18. The first-order valence-corrected chi connectivity index (χ1v) is 9.14. The lowest BCUT2D eigenvalue weighted by Crippen LogP contribution is -2.37. The van der Waals surface area contributed by atoms with Gasteiger partial charge in [-0.15, -0.1) is 0 Å². The van der Waals surface area contributed by atoms with Gasteiger partial charge in [-0.3, -0.25) is 9.69 Å². The Morgan fingerprint density at radius 2 is 2.00 bits per heavy atom. The summed E-state index contributed by atoms with van der Waals surface area (Å²) in [5, 5.41) is 10.4. The molecular formula is C21H18ClNO5. The Morgan fingerprint density at radius 3 is 2.71 bits per heavy atom. The van der Waals surface area contributed by atoms with E-state index in [0.717, 1.165) is 5.56 Å². The maximum atomic E-state index is 13.0. The zero-order valence-corrected chi connectivity index (χ0v) is 16.1. The van der Waals surface area contributed by atoms with E-state index in [1.165, 1.54) is 18.1 Å². The monoisotopic (exact) mass is 399 g/mol. The zero-order valence-electron chi connectivity index (χ0n) is 15.4. The van der Waals surface area contributed by atoms with Gasteiger partial charge in [0.2, 0.25) is 5.91 Å². The van der Waals surface area contributed by atoms with E-state index in [9.17, 15) is 14.7 Å². The first-order valence-electron chi connectivity index (χ1n) is 8.77. The molecule has 2 aliphatic heterocycles. The van der Waals surface area contributed by atoms with E-state index in [4.69, 9.17) is 21.1 Å². The van der Waals surface area contributed by atoms with Crippen LogP contribution in [0, 0.1) is 6.92 Å². The number of nitrogens with zero attached hydrogens (tertiary/aromatic N) is 1. The van der Waals surface area contributed by atoms with Crippen molar-refractivity contribution in [2.75, 3.05) is 18.6 Å². The van der Waals surface area contributed by atoms with Gasteiger partial charge in [0, 0.05) is 17.4 Å². The first kappa shape index (κ1) is 18.4. The van der Waals surface area contributed by atoms with Crippen molar-refractivity contribution < 1.29 is 24.2 Å². The number of phenolic OH excluding ortho intramolecular Hbond substituents is 1. The average molecular weight is 400 g/mol. The van der Waals surface area contributed by atoms with E-state index in [2.05, 4.69) is 0 Å². The maximum Gasteiger partial charge on any atom is 0.336 e. The number of hydrogen-bond donors (Lipinski definition) is 1. The van der Waals surface area contributed by atoms with Crippen molar-refractivity contribution in [2.45, 2.75) is 19.3 Å². The average Bonchev–Trinajstić information content (AvgIpc) is 3.05. The Hall–Kier alpha value is -2.99. The number of cyclic esters (lactones) is 1. The van der Waals surface area contributed by atoms with Gasteiger partial charge in [-0.2, -0.15) is 0 Å². The molecule has 2 aromatic carbocycles. The van der Waals surface area contributed by atoms with Crippen LogP contribution in [0.25, 0.3) is 0 Å². The number of anilines is 1. The number of esters is 1. The largest absolute Gasteiger partial charge is 0.504 e. The number of benzene rings is 2. The number of aryl methyl sites for hydroxylation is 1. The Balaban J connectivity index is 1.82. The number of carbonyl (C=O) groups excluding carboxylic acids is 2. The van der Waals surface area contributed by atoms with E-state index in [0.29, 0.717) is 27.5 Å². The topological polar surface area (TPSA) is 76.1 Å². The van der Waals surface area contributed by atoms with Crippen molar-refractivity contribution in [3.05, 3.63) is 63.8 Å². The van der Waals surface area contributed by atoms with E-state index in [-0.39, 0.29) is 30.4 Å². The molecule has 144 valence electrons. The van der Waals surface area contributed by atoms with Gasteiger partial charge in [-0.05, 0) is 42.3 Å². The normalized spacial score (nSPS) is 19.0. The Bertz CT molecular complexity index is 1030. The highest BCUT2D eigenvalue weighted by Crippen LogP contribution is 2.43. The van der Waals surface area contributed by atoms with E-state index in [1.54, 1.807) is 24.3 Å². The number of rotatable bonds is 3. The molecule has 0 saturated heterocycles. The lowest BCUT2D eigenvalue weighted by molar-refractivity contribution is -0.136. The third-order valence-electron chi connectivity index (χ3n) is 5.14. The summed E-state index contributed by atoms with van der Waals surface area (Å²) >= 11 is 6.24. The number of halogens is 1. The number of methoxy groups -OCH3 is 1. The smallest absolute Gasteiger partial charge is 0.336 e. The van der Waals surface area contributed by atoms with Gasteiger partial charge in [0.1, 0.15) is 6.61 Å². The van der Waals surface area contributed by atoms with E-state index >= 15 is 0 Å². The summed E-state index contributed by atoms with van der Waals surface area (Å²) in [5.74, 6) is -0.792. The molecule has 0 aliphatic carbocycles. The molecule has 0 spiro atoms. The number of phenols is 1. The molecule has 0 radical (unpaired) electrons. The summed E-state index contributed by atoms with van der Waals surface area (Å²) in [6.07, 6.45) is 0.0906. The summed E-state index contributed by atoms with van der Waals surface area (Å²) < 4.78 is 10.4. The van der Waals surface area contributed by atoms with Crippen LogP contribution in [-0.4, -0.2) is 30.7 Å².